The number of phenolic OH excluding ortho intramolecular Hbond substituents is 1. The number of fused-ring (bicyclic) bond motifs is 1. The highest BCUT2D eigenvalue weighted by Gasteiger charge is 2.38. The number of hydrogen-bond acceptors (Lipinski definition) is 4. The van der Waals surface area contributed by atoms with E-state index in [9.17, 15) is 9.90 Å². The summed E-state index contributed by atoms with van der Waals surface area (Å²) in [7, 11) is 0. The van der Waals surface area contributed by atoms with Crippen molar-refractivity contribution in [2.45, 2.75) is 32.7 Å². The van der Waals surface area contributed by atoms with E-state index in [4.69, 9.17) is 0 Å². The van der Waals surface area contributed by atoms with E-state index in [2.05, 4.69) is 56.3 Å². The number of nitrogens with one attached hydrogen (secondary N) is 2. The van der Waals surface area contributed by atoms with Gasteiger partial charge in [-0.05, 0) is 73.5 Å². The molecule has 4 rings (SSSR count). The number of carbonyl (C=O) groups excluding carboxylic acids is 1. The van der Waals surface area contributed by atoms with E-state index >= 15 is 0 Å². The second kappa shape index (κ2) is 6.67. The molecule has 0 unspecified atom stereocenters. The molecule has 4 nitrogen and oxygen atoms in total. The first-order chi connectivity index (χ1) is 12.7. The predicted octanol–water partition coefficient (Wildman–Crippen LogP) is 6.14. The minimum Gasteiger partial charge on any atom is -0.506 e. The summed E-state index contributed by atoms with van der Waals surface area (Å²) in [5, 5.41) is 17.1. The molecule has 1 atom stereocenters. The molecule has 3 N–H and O–H groups in total. The van der Waals surface area contributed by atoms with Crippen LogP contribution in [0.4, 0.5) is 11.4 Å². The number of rotatable bonds is 1. The maximum Gasteiger partial charge on any atom is 0.163 e. The van der Waals surface area contributed by atoms with Crippen molar-refractivity contribution < 1.29 is 9.90 Å². The number of allylic oxidation sites excluding steroid dienone is 1. The van der Waals surface area contributed by atoms with Crippen LogP contribution in [-0.4, -0.2) is 10.9 Å². The van der Waals surface area contributed by atoms with Crippen molar-refractivity contribution in [3.05, 3.63) is 62.2 Å². The van der Waals surface area contributed by atoms with Crippen molar-refractivity contribution in [2.75, 3.05) is 10.6 Å². The molecule has 1 aliphatic heterocycles. The van der Waals surface area contributed by atoms with Gasteiger partial charge in [-0.25, -0.2) is 0 Å². The average molecular weight is 492 g/mol. The van der Waals surface area contributed by atoms with Crippen molar-refractivity contribution in [1.82, 2.24) is 0 Å². The Morgan fingerprint density at radius 3 is 2.37 bits per heavy atom. The van der Waals surface area contributed by atoms with Crippen LogP contribution < -0.4 is 10.6 Å². The zero-order valence-corrected chi connectivity index (χ0v) is 18.2. The van der Waals surface area contributed by atoms with E-state index in [0.29, 0.717) is 15.4 Å². The van der Waals surface area contributed by atoms with Crippen molar-refractivity contribution in [1.29, 1.82) is 0 Å². The number of Topliss-reactive ketones (excluding diaryl/α,β-unsaturated/α-hetero) is 1. The van der Waals surface area contributed by atoms with E-state index in [1.54, 1.807) is 0 Å². The van der Waals surface area contributed by atoms with Gasteiger partial charge in [-0.2, -0.15) is 0 Å². The molecule has 0 aromatic heterocycles. The quantitative estimate of drug-likeness (QED) is 0.448. The van der Waals surface area contributed by atoms with Crippen LogP contribution in [0.5, 0.6) is 5.75 Å². The van der Waals surface area contributed by atoms with Gasteiger partial charge >= 0.3 is 0 Å². The second-order valence-electron chi connectivity index (χ2n) is 7.91. The van der Waals surface area contributed by atoms with Crippen LogP contribution >= 0.6 is 31.9 Å². The summed E-state index contributed by atoms with van der Waals surface area (Å²) >= 11 is 6.82. The number of halogens is 2. The van der Waals surface area contributed by atoms with Gasteiger partial charge in [0.1, 0.15) is 5.75 Å². The molecule has 0 saturated carbocycles. The van der Waals surface area contributed by atoms with E-state index in [1.807, 2.05) is 36.4 Å². The molecule has 2 aromatic rings. The molecular formula is C21H20Br2N2O2. The lowest BCUT2D eigenvalue weighted by Gasteiger charge is -2.34. The Hall–Kier alpha value is -1.79. The summed E-state index contributed by atoms with van der Waals surface area (Å²) in [5.41, 5.74) is 4.49. The maximum atomic E-state index is 13.2. The monoisotopic (exact) mass is 490 g/mol. The normalized spacial score (nSPS) is 20.9. The molecule has 0 bridgehead atoms. The number of carbonyl (C=O) groups is 1. The van der Waals surface area contributed by atoms with Gasteiger partial charge in [-0.3, -0.25) is 4.79 Å². The van der Waals surface area contributed by atoms with Crippen molar-refractivity contribution >= 4 is 49.0 Å². The lowest BCUT2D eigenvalue weighted by atomic mass is 9.73. The highest BCUT2D eigenvalue weighted by molar-refractivity contribution is 9.11. The third-order valence-corrected chi connectivity index (χ3v) is 6.30. The first kappa shape index (κ1) is 18.6. The smallest absolute Gasteiger partial charge is 0.163 e. The summed E-state index contributed by atoms with van der Waals surface area (Å²) in [6.45, 7) is 4.26. The number of benzene rings is 2. The van der Waals surface area contributed by atoms with Gasteiger partial charge in [0.25, 0.3) is 0 Å². The first-order valence-electron chi connectivity index (χ1n) is 8.82. The zero-order valence-electron chi connectivity index (χ0n) is 15.1. The number of hydrogen-bond donors (Lipinski definition) is 3. The van der Waals surface area contributed by atoms with E-state index in [0.717, 1.165) is 34.6 Å². The Balaban J connectivity index is 1.92. The second-order valence-corrected chi connectivity index (χ2v) is 9.62. The molecule has 1 heterocycles. The summed E-state index contributed by atoms with van der Waals surface area (Å²) in [6.07, 6.45) is 1.32. The topological polar surface area (TPSA) is 61.4 Å². The average Bonchev–Trinajstić information content (AvgIpc) is 2.74. The molecule has 0 amide bonds. The fraction of sp³-hybridized carbons (Fsp3) is 0.286. The summed E-state index contributed by atoms with van der Waals surface area (Å²) in [4.78, 5) is 13.2. The minimum absolute atomic E-state index is 0.0805. The molecule has 0 spiro atoms. The molecule has 0 saturated heterocycles. The maximum absolute atomic E-state index is 13.2. The number of anilines is 2. The lowest BCUT2D eigenvalue weighted by Crippen LogP contribution is -2.31. The van der Waals surface area contributed by atoms with Crippen LogP contribution in [0.3, 0.4) is 0 Å². The Kier molecular flexibility index (Phi) is 4.59. The van der Waals surface area contributed by atoms with Crippen molar-refractivity contribution in [3.63, 3.8) is 0 Å². The highest BCUT2D eigenvalue weighted by atomic mass is 79.9. The number of para-hydroxylation sites is 2. The molecular weight excluding hydrogens is 472 g/mol. The summed E-state index contributed by atoms with van der Waals surface area (Å²) in [6, 6.07) is 11.4. The lowest BCUT2D eigenvalue weighted by molar-refractivity contribution is -0.118. The number of aromatic hydroxyl groups is 1. The molecule has 0 radical (unpaired) electrons. The highest BCUT2D eigenvalue weighted by Crippen LogP contribution is 2.46. The third kappa shape index (κ3) is 3.41. The number of phenols is 1. The van der Waals surface area contributed by atoms with Crippen molar-refractivity contribution in [3.8, 4) is 5.75 Å². The van der Waals surface area contributed by atoms with Crippen LogP contribution in [-0.2, 0) is 4.79 Å². The van der Waals surface area contributed by atoms with Gasteiger partial charge in [0.2, 0.25) is 0 Å². The van der Waals surface area contributed by atoms with Crippen LogP contribution in [0.1, 0.15) is 38.3 Å². The molecule has 6 heteroatoms. The van der Waals surface area contributed by atoms with Gasteiger partial charge in [0.15, 0.2) is 5.78 Å². The molecule has 1 aliphatic carbocycles. The summed E-state index contributed by atoms with van der Waals surface area (Å²) in [5.74, 6) is 0.301. The van der Waals surface area contributed by atoms with Crippen LogP contribution in [0.2, 0.25) is 0 Å². The first-order valence-corrected chi connectivity index (χ1v) is 10.4. The Bertz CT molecular complexity index is 959. The van der Waals surface area contributed by atoms with Gasteiger partial charge in [-0.1, -0.05) is 26.0 Å². The van der Waals surface area contributed by atoms with Crippen LogP contribution in [0.25, 0.3) is 0 Å². The SMILES string of the molecule is CC1(C)CC(=O)C2=C(C1)Nc1ccccc1N[C@H]2c1cc(Br)c(O)c(Br)c1. The summed E-state index contributed by atoms with van der Waals surface area (Å²) < 4.78 is 1.18. The Labute approximate surface area is 175 Å². The van der Waals surface area contributed by atoms with Gasteiger partial charge in [0.05, 0.1) is 26.4 Å². The molecule has 27 heavy (non-hydrogen) atoms. The van der Waals surface area contributed by atoms with Crippen LogP contribution in [0.15, 0.2) is 56.6 Å². The fourth-order valence-corrected chi connectivity index (χ4v) is 5.11. The van der Waals surface area contributed by atoms with Gasteiger partial charge < -0.3 is 15.7 Å². The minimum atomic E-state index is -0.298. The number of ketones is 1. The zero-order chi connectivity index (χ0) is 19.3. The predicted molar refractivity (Wildman–Crippen MR) is 115 cm³/mol. The molecule has 2 aromatic carbocycles. The van der Waals surface area contributed by atoms with E-state index in [1.165, 1.54) is 0 Å². The van der Waals surface area contributed by atoms with E-state index < -0.39 is 0 Å². The molecule has 2 aliphatic rings. The van der Waals surface area contributed by atoms with Crippen molar-refractivity contribution in [2.24, 2.45) is 5.41 Å². The Morgan fingerprint density at radius 1 is 1.07 bits per heavy atom. The fourth-order valence-electron chi connectivity index (χ4n) is 3.89. The largest absolute Gasteiger partial charge is 0.506 e. The Morgan fingerprint density at radius 2 is 1.70 bits per heavy atom. The standard InChI is InChI=1S/C21H20Br2N2O2/c1-21(2)9-16-18(17(26)10-21)19(11-7-12(22)20(27)13(23)8-11)25-15-6-4-3-5-14(15)24-16/h3-8,19,24-25,27H,9-10H2,1-2H3/t19-/m0/s1. The third-order valence-electron chi connectivity index (χ3n) is 5.09. The van der Waals surface area contributed by atoms with Gasteiger partial charge in [0, 0.05) is 17.7 Å². The molecule has 0 fully saturated rings. The van der Waals surface area contributed by atoms with Crippen LogP contribution in [0, 0.1) is 5.41 Å². The van der Waals surface area contributed by atoms with Gasteiger partial charge in [-0.15, -0.1) is 0 Å². The van der Waals surface area contributed by atoms with E-state index in [-0.39, 0.29) is 23.0 Å². The molecule has 140 valence electrons.